The number of para-hydroxylation sites is 2. The molecule has 212 valence electrons. The van der Waals surface area contributed by atoms with Crippen molar-refractivity contribution in [3.8, 4) is 45.4 Å². The van der Waals surface area contributed by atoms with Crippen LogP contribution in [0.4, 0.5) is 17.3 Å². The molecule has 5 nitrogen and oxygen atoms in total. The van der Waals surface area contributed by atoms with Crippen LogP contribution < -0.4 is 9.64 Å². The second-order valence-corrected chi connectivity index (χ2v) is 12.0. The van der Waals surface area contributed by atoms with E-state index in [1.807, 2.05) is 96.3 Å². The Morgan fingerprint density at radius 1 is 0.444 bits per heavy atom. The molecular formula is C39H24N4OS. The monoisotopic (exact) mass is 596 g/mol. The largest absolute Gasteiger partial charge is 0.453 e. The van der Waals surface area contributed by atoms with Gasteiger partial charge < -0.3 is 4.74 Å². The van der Waals surface area contributed by atoms with Crippen LogP contribution in [0.15, 0.2) is 146 Å². The van der Waals surface area contributed by atoms with Crippen molar-refractivity contribution < 1.29 is 4.74 Å². The van der Waals surface area contributed by atoms with Crippen molar-refractivity contribution in [2.24, 2.45) is 0 Å². The van der Waals surface area contributed by atoms with Crippen molar-refractivity contribution in [2.75, 3.05) is 4.90 Å². The molecule has 6 heteroatoms. The molecule has 0 amide bonds. The molecule has 2 aromatic heterocycles. The summed E-state index contributed by atoms with van der Waals surface area (Å²) in [7, 11) is 0. The zero-order valence-corrected chi connectivity index (χ0v) is 24.8. The summed E-state index contributed by atoms with van der Waals surface area (Å²) in [5.74, 6) is 3.23. The zero-order chi connectivity index (χ0) is 29.7. The molecule has 45 heavy (non-hydrogen) atoms. The molecule has 3 heterocycles. The lowest BCUT2D eigenvalue weighted by Crippen LogP contribution is -2.19. The van der Waals surface area contributed by atoms with Gasteiger partial charge in [0, 0.05) is 31.3 Å². The Morgan fingerprint density at radius 2 is 1.04 bits per heavy atom. The van der Waals surface area contributed by atoms with Gasteiger partial charge in [0.25, 0.3) is 0 Å². The van der Waals surface area contributed by atoms with Crippen LogP contribution in [0.5, 0.6) is 11.5 Å². The molecule has 0 bridgehead atoms. The molecule has 6 aromatic carbocycles. The Balaban J connectivity index is 1.21. The number of fused-ring (bicyclic) bond motifs is 5. The lowest BCUT2D eigenvalue weighted by molar-refractivity contribution is 0.476. The zero-order valence-electron chi connectivity index (χ0n) is 24.0. The van der Waals surface area contributed by atoms with Crippen molar-refractivity contribution in [3.63, 3.8) is 0 Å². The normalized spacial score (nSPS) is 12.1. The van der Waals surface area contributed by atoms with Gasteiger partial charge in [-0.3, -0.25) is 4.90 Å². The summed E-state index contributed by atoms with van der Waals surface area (Å²) in [6.07, 6.45) is 0. The summed E-state index contributed by atoms with van der Waals surface area (Å²) in [6.45, 7) is 0. The molecule has 0 spiro atoms. The second kappa shape index (κ2) is 10.4. The first kappa shape index (κ1) is 25.6. The predicted molar refractivity (Wildman–Crippen MR) is 184 cm³/mol. The highest BCUT2D eigenvalue weighted by Crippen LogP contribution is 2.51. The maximum atomic E-state index is 6.55. The predicted octanol–water partition coefficient (Wildman–Crippen LogP) is 10.8. The first-order chi connectivity index (χ1) is 22.3. The second-order valence-electron chi connectivity index (χ2n) is 10.9. The SMILES string of the molecule is c1ccc(-c2nc(-c3ccccc3)nc(N3c4ccccc4Oc4cc(-c5ccc6sc7ccccc7c6c5)ccc43)n2)cc1. The molecule has 0 saturated carbocycles. The number of thiophene rings is 1. The van der Waals surface area contributed by atoms with Gasteiger partial charge in [0.15, 0.2) is 23.1 Å². The highest BCUT2D eigenvalue weighted by Gasteiger charge is 2.29. The van der Waals surface area contributed by atoms with E-state index in [1.165, 1.54) is 20.2 Å². The van der Waals surface area contributed by atoms with Crippen molar-refractivity contribution in [3.05, 3.63) is 146 Å². The van der Waals surface area contributed by atoms with Gasteiger partial charge in [-0.05, 0) is 53.6 Å². The Hall–Kier alpha value is -5.85. The van der Waals surface area contributed by atoms with Gasteiger partial charge in [0.2, 0.25) is 5.95 Å². The van der Waals surface area contributed by atoms with Crippen molar-refractivity contribution >= 4 is 48.8 Å². The van der Waals surface area contributed by atoms with Crippen LogP contribution >= 0.6 is 11.3 Å². The highest BCUT2D eigenvalue weighted by molar-refractivity contribution is 7.25. The average Bonchev–Trinajstić information content (AvgIpc) is 3.49. The van der Waals surface area contributed by atoms with Gasteiger partial charge in [0.1, 0.15) is 0 Å². The van der Waals surface area contributed by atoms with Gasteiger partial charge in [-0.15, -0.1) is 11.3 Å². The van der Waals surface area contributed by atoms with E-state index in [9.17, 15) is 0 Å². The van der Waals surface area contributed by atoms with Gasteiger partial charge >= 0.3 is 0 Å². The van der Waals surface area contributed by atoms with Crippen LogP contribution in [0.1, 0.15) is 0 Å². The molecule has 8 aromatic rings. The number of aromatic nitrogens is 3. The highest BCUT2D eigenvalue weighted by atomic mass is 32.1. The van der Waals surface area contributed by atoms with Crippen LogP contribution in [0, 0.1) is 0 Å². The Kier molecular flexibility index (Phi) is 5.92. The number of anilines is 3. The van der Waals surface area contributed by atoms with E-state index in [0.29, 0.717) is 17.6 Å². The minimum absolute atomic E-state index is 0.526. The van der Waals surface area contributed by atoms with Gasteiger partial charge in [0.05, 0.1) is 11.4 Å². The lowest BCUT2D eigenvalue weighted by atomic mass is 10.0. The third-order valence-electron chi connectivity index (χ3n) is 8.12. The topological polar surface area (TPSA) is 51.1 Å². The molecular weight excluding hydrogens is 573 g/mol. The van der Waals surface area contributed by atoms with E-state index >= 15 is 0 Å². The van der Waals surface area contributed by atoms with Gasteiger partial charge in [-0.1, -0.05) is 103 Å². The summed E-state index contributed by atoms with van der Waals surface area (Å²) in [4.78, 5) is 17.0. The number of rotatable bonds is 4. The standard InChI is InChI=1S/C39H24N4OS/c1-3-11-25(12-4-1)37-40-38(26-13-5-2-6-14-26)42-39(41-37)43-31-16-8-9-17-33(31)44-34-24-28(19-21-32(34)43)27-20-22-36-30(23-27)29-15-7-10-18-35(29)45-36/h1-24H. The smallest absolute Gasteiger partial charge is 0.239 e. The molecule has 0 unspecified atom stereocenters. The van der Waals surface area contributed by atoms with E-state index in [1.54, 1.807) is 0 Å². The number of benzene rings is 6. The molecule has 0 aliphatic carbocycles. The Labute approximate surface area is 263 Å². The number of ether oxygens (including phenoxy) is 1. The minimum Gasteiger partial charge on any atom is -0.453 e. The fourth-order valence-electron chi connectivity index (χ4n) is 5.96. The molecule has 0 saturated heterocycles. The molecule has 1 aliphatic heterocycles. The fourth-order valence-corrected chi connectivity index (χ4v) is 7.04. The third kappa shape index (κ3) is 4.42. The third-order valence-corrected chi connectivity index (χ3v) is 9.28. The van der Waals surface area contributed by atoms with Crippen LogP contribution in [-0.2, 0) is 0 Å². The maximum Gasteiger partial charge on any atom is 0.239 e. The van der Waals surface area contributed by atoms with E-state index in [4.69, 9.17) is 19.7 Å². The number of hydrogen-bond donors (Lipinski definition) is 0. The molecule has 0 fully saturated rings. The lowest BCUT2D eigenvalue weighted by Gasteiger charge is -2.31. The minimum atomic E-state index is 0.526. The molecule has 0 radical (unpaired) electrons. The summed E-state index contributed by atoms with van der Waals surface area (Å²) in [5.41, 5.74) is 5.80. The summed E-state index contributed by atoms with van der Waals surface area (Å²) < 4.78 is 9.14. The van der Waals surface area contributed by atoms with Crippen LogP contribution in [0.3, 0.4) is 0 Å². The van der Waals surface area contributed by atoms with Crippen LogP contribution in [0.25, 0.3) is 54.1 Å². The Bertz CT molecular complexity index is 2310. The summed E-state index contributed by atoms with van der Waals surface area (Å²) in [5, 5.41) is 2.55. The molecule has 1 aliphatic rings. The van der Waals surface area contributed by atoms with Crippen molar-refractivity contribution in [1.82, 2.24) is 15.0 Å². The van der Waals surface area contributed by atoms with Crippen LogP contribution in [0.2, 0.25) is 0 Å². The maximum absolute atomic E-state index is 6.55. The van der Waals surface area contributed by atoms with Gasteiger partial charge in [-0.25, -0.2) is 4.98 Å². The molecule has 0 N–H and O–H groups in total. The fraction of sp³-hybridized carbons (Fsp3) is 0. The van der Waals surface area contributed by atoms with Crippen LogP contribution in [-0.4, -0.2) is 15.0 Å². The number of hydrogen-bond acceptors (Lipinski definition) is 6. The van der Waals surface area contributed by atoms with E-state index in [-0.39, 0.29) is 0 Å². The van der Waals surface area contributed by atoms with Gasteiger partial charge in [-0.2, -0.15) is 9.97 Å². The first-order valence-corrected chi connectivity index (χ1v) is 15.6. The molecule has 0 atom stereocenters. The first-order valence-electron chi connectivity index (χ1n) is 14.8. The number of nitrogens with zero attached hydrogens (tertiary/aromatic N) is 4. The summed E-state index contributed by atoms with van der Waals surface area (Å²) >= 11 is 1.83. The Morgan fingerprint density at radius 3 is 1.82 bits per heavy atom. The van der Waals surface area contributed by atoms with E-state index < -0.39 is 0 Å². The van der Waals surface area contributed by atoms with E-state index in [2.05, 4.69) is 65.6 Å². The summed E-state index contributed by atoms with van der Waals surface area (Å²) in [6, 6.07) is 49.7. The van der Waals surface area contributed by atoms with E-state index in [0.717, 1.165) is 45.1 Å². The quantitative estimate of drug-likeness (QED) is 0.202. The van der Waals surface area contributed by atoms with Crippen molar-refractivity contribution in [1.29, 1.82) is 0 Å². The van der Waals surface area contributed by atoms with Crippen molar-refractivity contribution in [2.45, 2.75) is 0 Å². The molecule has 9 rings (SSSR count). The average molecular weight is 597 g/mol.